The van der Waals surface area contributed by atoms with Crippen LogP contribution in [0.4, 0.5) is 5.69 Å². The second-order valence-corrected chi connectivity index (χ2v) is 5.59. The SMILES string of the molecule is COCC(=O)Nc1ccc(-c2cc(-c3ccco3)c(C#N)c(OC)n2)cc1. The summed E-state index contributed by atoms with van der Waals surface area (Å²) in [5.74, 6) is 0.541. The monoisotopic (exact) mass is 363 g/mol. The molecule has 2 aromatic heterocycles. The first-order valence-electron chi connectivity index (χ1n) is 8.08. The number of rotatable bonds is 6. The van der Waals surface area contributed by atoms with E-state index in [1.54, 1.807) is 36.6 Å². The van der Waals surface area contributed by atoms with Crippen molar-refractivity contribution in [2.45, 2.75) is 0 Å². The van der Waals surface area contributed by atoms with Gasteiger partial charge < -0.3 is 19.2 Å². The molecule has 0 aliphatic carbocycles. The van der Waals surface area contributed by atoms with Crippen molar-refractivity contribution in [1.82, 2.24) is 4.98 Å². The van der Waals surface area contributed by atoms with Gasteiger partial charge in [0.05, 0.1) is 19.1 Å². The van der Waals surface area contributed by atoms with Gasteiger partial charge in [0.25, 0.3) is 0 Å². The smallest absolute Gasteiger partial charge is 0.250 e. The van der Waals surface area contributed by atoms with Crippen LogP contribution in [-0.4, -0.2) is 31.7 Å². The van der Waals surface area contributed by atoms with Gasteiger partial charge in [-0.2, -0.15) is 5.26 Å². The Morgan fingerprint density at radius 1 is 1.26 bits per heavy atom. The largest absolute Gasteiger partial charge is 0.480 e. The Morgan fingerprint density at radius 3 is 2.63 bits per heavy atom. The number of anilines is 1. The van der Waals surface area contributed by atoms with Crippen molar-refractivity contribution in [1.29, 1.82) is 5.26 Å². The minimum Gasteiger partial charge on any atom is -0.480 e. The molecule has 136 valence electrons. The average molecular weight is 363 g/mol. The molecule has 0 fully saturated rings. The summed E-state index contributed by atoms with van der Waals surface area (Å²) in [6.45, 7) is -0.0113. The summed E-state index contributed by atoms with van der Waals surface area (Å²) in [6, 6.07) is 14.6. The first-order chi connectivity index (χ1) is 13.2. The molecule has 3 aromatic rings. The van der Waals surface area contributed by atoms with Gasteiger partial charge in [0.1, 0.15) is 24.0 Å². The normalized spacial score (nSPS) is 10.3. The molecular weight excluding hydrogens is 346 g/mol. The number of benzene rings is 1. The maximum absolute atomic E-state index is 11.6. The fourth-order valence-corrected chi connectivity index (χ4v) is 2.60. The van der Waals surface area contributed by atoms with E-state index in [0.29, 0.717) is 28.3 Å². The van der Waals surface area contributed by atoms with E-state index in [4.69, 9.17) is 13.9 Å². The predicted molar refractivity (Wildman–Crippen MR) is 99.1 cm³/mol. The second kappa shape index (κ2) is 8.17. The molecule has 0 aliphatic heterocycles. The zero-order chi connectivity index (χ0) is 19.2. The van der Waals surface area contributed by atoms with Crippen molar-refractivity contribution in [3.05, 3.63) is 54.3 Å². The van der Waals surface area contributed by atoms with Crippen LogP contribution in [0, 0.1) is 11.3 Å². The molecule has 2 heterocycles. The van der Waals surface area contributed by atoms with E-state index >= 15 is 0 Å². The van der Waals surface area contributed by atoms with Gasteiger partial charge in [-0.15, -0.1) is 0 Å². The number of nitriles is 1. The number of nitrogens with one attached hydrogen (secondary N) is 1. The number of furan rings is 1. The van der Waals surface area contributed by atoms with Gasteiger partial charge >= 0.3 is 0 Å². The molecule has 7 heteroatoms. The fourth-order valence-electron chi connectivity index (χ4n) is 2.60. The van der Waals surface area contributed by atoms with Crippen molar-refractivity contribution in [2.24, 2.45) is 0 Å². The van der Waals surface area contributed by atoms with Gasteiger partial charge in [0.15, 0.2) is 0 Å². The lowest BCUT2D eigenvalue weighted by Gasteiger charge is -2.11. The molecule has 0 spiro atoms. The average Bonchev–Trinajstić information content (AvgIpc) is 3.22. The molecule has 7 nitrogen and oxygen atoms in total. The Kier molecular flexibility index (Phi) is 5.50. The zero-order valence-electron chi connectivity index (χ0n) is 14.9. The Bertz CT molecular complexity index is 974. The molecule has 0 aliphatic rings. The minimum atomic E-state index is -0.233. The molecule has 0 atom stereocenters. The van der Waals surface area contributed by atoms with Crippen molar-refractivity contribution < 1.29 is 18.7 Å². The summed E-state index contributed by atoms with van der Waals surface area (Å²) in [7, 11) is 2.93. The van der Waals surface area contributed by atoms with Crippen LogP contribution in [-0.2, 0) is 9.53 Å². The second-order valence-electron chi connectivity index (χ2n) is 5.59. The molecule has 3 rings (SSSR count). The van der Waals surface area contributed by atoms with Crippen LogP contribution in [0.5, 0.6) is 5.88 Å². The van der Waals surface area contributed by atoms with Gasteiger partial charge in [-0.25, -0.2) is 4.98 Å². The van der Waals surface area contributed by atoms with Gasteiger partial charge in [-0.05, 0) is 30.3 Å². The molecule has 1 N–H and O–H groups in total. The highest BCUT2D eigenvalue weighted by Crippen LogP contribution is 2.33. The number of aromatic nitrogens is 1. The first kappa shape index (κ1) is 18.2. The first-order valence-corrected chi connectivity index (χ1v) is 8.08. The molecule has 0 bridgehead atoms. The Balaban J connectivity index is 1.98. The van der Waals surface area contributed by atoms with Crippen molar-refractivity contribution >= 4 is 11.6 Å². The molecule has 0 unspecified atom stereocenters. The summed E-state index contributed by atoms with van der Waals surface area (Å²) in [4.78, 5) is 16.0. The number of carbonyl (C=O) groups is 1. The summed E-state index contributed by atoms with van der Waals surface area (Å²) in [6.07, 6.45) is 1.54. The zero-order valence-corrected chi connectivity index (χ0v) is 14.9. The number of hydrogen-bond acceptors (Lipinski definition) is 6. The van der Waals surface area contributed by atoms with Crippen LogP contribution >= 0.6 is 0 Å². The lowest BCUT2D eigenvalue weighted by Crippen LogP contribution is -2.16. The van der Waals surface area contributed by atoms with Crippen LogP contribution in [0.2, 0.25) is 0 Å². The molecule has 0 radical (unpaired) electrons. The van der Waals surface area contributed by atoms with Crippen LogP contribution in [0.3, 0.4) is 0 Å². The molecule has 27 heavy (non-hydrogen) atoms. The standard InChI is InChI=1S/C20H17N3O4/c1-25-12-19(24)22-14-7-5-13(6-8-14)17-10-15(18-4-3-9-27-18)16(11-21)20(23-17)26-2/h3-10H,12H2,1-2H3,(H,22,24). The molecular formula is C20H17N3O4. The number of hydrogen-bond donors (Lipinski definition) is 1. The Hall–Kier alpha value is -3.63. The summed E-state index contributed by atoms with van der Waals surface area (Å²) < 4.78 is 15.5. The number of carbonyl (C=O) groups excluding carboxylic acids is 1. The maximum atomic E-state index is 11.6. The van der Waals surface area contributed by atoms with E-state index in [1.165, 1.54) is 14.2 Å². The highest BCUT2D eigenvalue weighted by atomic mass is 16.5. The number of ether oxygens (including phenoxy) is 2. The van der Waals surface area contributed by atoms with Gasteiger partial charge in [0.2, 0.25) is 11.8 Å². The maximum Gasteiger partial charge on any atom is 0.250 e. The fraction of sp³-hybridized carbons (Fsp3) is 0.150. The van der Waals surface area contributed by atoms with Crippen LogP contribution < -0.4 is 10.1 Å². The van der Waals surface area contributed by atoms with Gasteiger partial charge in [0, 0.05) is 23.9 Å². The highest BCUT2D eigenvalue weighted by molar-refractivity contribution is 5.92. The summed E-state index contributed by atoms with van der Waals surface area (Å²) in [5.41, 5.74) is 2.97. The number of nitrogens with zero attached hydrogens (tertiary/aromatic N) is 2. The van der Waals surface area contributed by atoms with E-state index in [0.717, 1.165) is 5.56 Å². The Labute approximate surface area is 156 Å². The van der Waals surface area contributed by atoms with E-state index in [9.17, 15) is 10.1 Å². The topological polar surface area (TPSA) is 97.4 Å². The highest BCUT2D eigenvalue weighted by Gasteiger charge is 2.17. The lowest BCUT2D eigenvalue weighted by molar-refractivity contribution is -0.119. The third-order valence-corrected chi connectivity index (χ3v) is 3.82. The van der Waals surface area contributed by atoms with E-state index < -0.39 is 0 Å². The predicted octanol–water partition coefficient (Wildman–Crippen LogP) is 3.47. The third kappa shape index (κ3) is 3.97. The van der Waals surface area contributed by atoms with Crippen molar-refractivity contribution in [2.75, 3.05) is 26.1 Å². The quantitative estimate of drug-likeness (QED) is 0.720. The summed E-state index contributed by atoms with van der Waals surface area (Å²) >= 11 is 0. The number of amides is 1. The molecule has 1 aromatic carbocycles. The van der Waals surface area contributed by atoms with Gasteiger partial charge in [-0.1, -0.05) is 12.1 Å². The van der Waals surface area contributed by atoms with E-state index in [2.05, 4.69) is 16.4 Å². The van der Waals surface area contributed by atoms with Crippen molar-refractivity contribution in [3.63, 3.8) is 0 Å². The van der Waals surface area contributed by atoms with Crippen LogP contribution in [0.1, 0.15) is 5.56 Å². The number of pyridine rings is 1. The lowest BCUT2D eigenvalue weighted by atomic mass is 10.0. The van der Waals surface area contributed by atoms with Crippen LogP contribution in [0.25, 0.3) is 22.6 Å². The van der Waals surface area contributed by atoms with Crippen LogP contribution in [0.15, 0.2) is 53.1 Å². The molecule has 1 amide bonds. The van der Waals surface area contributed by atoms with Gasteiger partial charge in [-0.3, -0.25) is 4.79 Å². The molecule has 0 saturated carbocycles. The van der Waals surface area contributed by atoms with E-state index in [1.807, 2.05) is 12.1 Å². The van der Waals surface area contributed by atoms with Crippen molar-refractivity contribution in [3.8, 4) is 34.5 Å². The molecule has 0 saturated heterocycles. The number of methoxy groups -OCH3 is 2. The minimum absolute atomic E-state index is 0.0113. The van der Waals surface area contributed by atoms with E-state index in [-0.39, 0.29) is 18.4 Å². The third-order valence-electron chi connectivity index (χ3n) is 3.82. The Morgan fingerprint density at radius 2 is 2.04 bits per heavy atom. The summed E-state index contributed by atoms with van der Waals surface area (Å²) in [5, 5.41) is 12.2.